The van der Waals surface area contributed by atoms with Crippen molar-refractivity contribution in [2.45, 2.75) is 6.61 Å². The first-order valence-electron chi connectivity index (χ1n) is 8.32. The average Bonchev–Trinajstić information content (AvgIpc) is 3.11. The van der Waals surface area contributed by atoms with Crippen molar-refractivity contribution in [2.75, 3.05) is 7.11 Å². The minimum Gasteiger partial charge on any atom is -0.496 e. The Balaban J connectivity index is 1.74. The molecule has 1 heterocycles. The number of methoxy groups -OCH3 is 1. The highest BCUT2D eigenvalue weighted by atomic mass is 35.5. The van der Waals surface area contributed by atoms with E-state index in [9.17, 15) is 4.79 Å². The standard InChI is InChI=1S/C21H19ClN2O3/c1-24-19(11-12-23-24)20(25)9-3-15-4-10-21(26-2)16(13-15)14-27-18-7-5-17(22)6-8-18/h3-13H,14H2,1-2H3/b9-3+. The summed E-state index contributed by atoms with van der Waals surface area (Å²) in [6.07, 6.45) is 4.89. The van der Waals surface area contributed by atoms with Gasteiger partial charge in [0.05, 0.1) is 7.11 Å². The van der Waals surface area contributed by atoms with Gasteiger partial charge in [0.25, 0.3) is 0 Å². The molecule has 6 heteroatoms. The lowest BCUT2D eigenvalue weighted by Crippen LogP contribution is -2.03. The highest BCUT2D eigenvalue weighted by Crippen LogP contribution is 2.23. The molecule has 2 aromatic carbocycles. The number of halogens is 1. The number of hydrogen-bond acceptors (Lipinski definition) is 4. The summed E-state index contributed by atoms with van der Waals surface area (Å²) >= 11 is 5.89. The summed E-state index contributed by atoms with van der Waals surface area (Å²) in [6, 6.07) is 14.5. The van der Waals surface area contributed by atoms with Crippen molar-refractivity contribution >= 4 is 23.5 Å². The van der Waals surface area contributed by atoms with E-state index in [-0.39, 0.29) is 5.78 Å². The van der Waals surface area contributed by atoms with Gasteiger partial charge in [-0.2, -0.15) is 5.10 Å². The second-order valence-corrected chi connectivity index (χ2v) is 6.29. The van der Waals surface area contributed by atoms with Crippen LogP contribution >= 0.6 is 11.6 Å². The van der Waals surface area contributed by atoms with Crippen LogP contribution in [0.25, 0.3) is 6.08 Å². The quantitative estimate of drug-likeness (QED) is 0.444. The molecule has 0 aliphatic rings. The largest absolute Gasteiger partial charge is 0.496 e. The van der Waals surface area contributed by atoms with Gasteiger partial charge in [-0.05, 0) is 54.1 Å². The zero-order chi connectivity index (χ0) is 19.2. The van der Waals surface area contributed by atoms with Crippen LogP contribution in [0.1, 0.15) is 21.6 Å². The van der Waals surface area contributed by atoms with Gasteiger partial charge in [-0.25, -0.2) is 0 Å². The van der Waals surface area contributed by atoms with Crippen LogP contribution in [0.3, 0.4) is 0 Å². The first-order valence-corrected chi connectivity index (χ1v) is 8.70. The normalized spacial score (nSPS) is 10.9. The summed E-state index contributed by atoms with van der Waals surface area (Å²) in [5.41, 5.74) is 2.29. The summed E-state index contributed by atoms with van der Waals surface area (Å²) in [6.45, 7) is 0.335. The van der Waals surface area contributed by atoms with Crippen LogP contribution in [0.4, 0.5) is 0 Å². The third kappa shape index (κ3) is 4.77. The smallest absolute Gasteiger partial charge is 0.203 e. The lowest BCUT2D eigenvalue weighted by atomic mass is 10.1. The summed E-state index contributed by atoms with van der Waals surface area (Å²) in [4.78, 5) is 12.2. The van der Waals surface area contributed by atoms with Crippen LogP contribution in [-0.2, 0) is 13.7 Å². The van der Waals surface area contributed by atoms with Gasteiger partial charge in [0.1, 0.15) is 23.8 Å². The van der Waals surface area contributed by atoms with Crippen molar-refractivity contribution in [1.29, 1.82) is 0 Å². The van der Waals surface area contributed by atoms with Gasteiger partial charge in [-0.15, -0.1) is 0 Å². The number of nitrogens with zero attached hydrogens (tertiary/aromatic N) is 2. The van der Waals surface area contributed by atoms with E-state index in [0.29, 0.717) is 23.1 Å². The van der Waals surface area contributed by atoms with Gasteiger partial charge >= 0.3 is 0 Å². The molecule has 0 fully saturated rings. The van der Waals surface area contributed by atoms with Crippen molar-refractivity contribution in [2.24, 2.45) is 7.05 Å². The third-order valence-electron chi connectivity index (χ3n) is 4.01. The number of aryl methyl sites for hydroxylation is 1. The fraction of sp³-hybridized carbons (Fsp3) is 0.143. The minimum absolute atomic E-state index is 0.107. The second-order valence-electron chi connectivity index (χ2n) is 5.85. The summed E-state index contributed by atoms with van der Waals surface area (Å²) in [7, 11) is 3.35. The fourth-order valence-corrected chi connectivity index (χ4v) is 2.71. The number of ether oxygens (including phenoxy) is 2. The van der Waals surface area contributed by atoms with Gasteiger partial charge in [-0.3, -0.25) is 9.48 Å². The van der Waals surface area contributed by atoms with Crippen molar-refractivity contribution in [3.05, 3.63) is 82.6 Å². The molecule has 0 bridgehead atoms. The van der Waals surface area contributed by atoms with Gasteiger partial charge in [0, 0.05) is 23.8 Å². The molecule has 138 valence electrons. The molecule has 0 spiro atoms. The number of benzene rings is 2. The fourth-order valence-electron chi connectivity index (χ4n) is 2.58. The molecule has 0 unspecified atom stereocenters. The maximum atomic E-state index is 12.2. The Kier molecular flexibility index (Phi) is 5.94. The van der Waals surface area contributed by atoms with Crippen molar-refractivity contribution in [1.82, 2.24) is 9.78 Å². The molecule has 0 aliphatic heterocycles. The molecule has 0 atom stereocenters. The molecule has 3 aromatic rings. The van der Waals surface area contributed by atoms with E-state index in [4.69, 9.17) is 21.1 Å². The topological polar surface area (TPSA) is 53.3 Å². The Morgan fingerprint density at radius 2 is 1.96 bits per heavy atom. The zero-order valence-corrected chi connectivity index (χ0v) is 15.8. The van der Waals surface area contributed by atoms with Crippen LogP contribution < -0.4 is 9.47 Å². The van der Waals surface area contributed by atoms with E-state index < -0.39 is 0 Å². The monoisotopic (exact) mass is 382 g/mol. The zero-order valence-electron chi connectivity index (χ0n) is 15.1. The van der Waals surface area contributed by atoms with E-state index in [1.165, 1.54) is 6.08 Å². The first kappa shape index (κ1) is 18.7. The van der Waals surface area contributed by atoms with Crippen LogP contribution in [0.2, 0.25) is 5.02 Å². The Morgan fingerprint density at radius 1 is 1.19 bits per heavy atom. The highest BCUT2D eigenvalue weighted by molar-refractivity contribution is 6.30. The SMILES string of the molecule is COc1ccc(/C=C/C(=O)c2ccnn2C)cc1COc1ccc(Cl)cc1. The molecule has 0 saturated carbocycles. The molecule has 0 radical (unpaired) electrons. The number of allylic oxidation sites excluding steroid dienone is 1. The minimum atomic E-state index is -0.107. The number of aromatic nitrogens is 2. The Hall–Kier alpha value is -3.05. The Morgan fingerprint density at radius 3 is 2.63 bits per heavy atom. The molecule has 0 aliphatic carbocycles. The van der Waals surface area contributed by atoms with E-state index in [2.05, 4.69) is 5.10 Å². The first-order chi connectivity index (χ1) is 13.1. The van der Waals surface area contributed by atoms with E-state index in [1.807, 2.05) is 30.3 Å². The van der Waals surface area contributed by atoms with Gasteiger partial charge in [0.15, 0.2) is 0 Å². The number of rotatable bonds is 7. The second kappa shape index (κ2) is 8.56. The maximum Gasteiger partial charge on any atom is 0.203 e. The predicted molar refractivity (Wildman–Crippen MR) is 105 cm³/mol. The van der Waals surface area contributed by atoms with Crippen molar-refractivity contribution < 1.29 is 14.3 Å². The van der Waals surface area contributed by atoms with Crippen LogP contribution in [0.5, 0.6) is 11.5 Å². The molecule has 0 amide bonds. The Bertz CT molecular complexity index is 962. The van der Waals surface area contributed by atoms with Gasteiger partial charge in [-0.1, -0.05) is 23.7 Å². The van der Waals surface area contributed by atoms with Crippen LogP contribution in [0.15, 0.2) is 60.8 Å². The molecule has 5 nitrogen and oxygen atoms in total. The highest BCUT2D eigenvalue weighted by Gasteiger charge is 2.08. The third-order valence-corrected chi connectivity index (χ3v) is 4.26. The molecular formula is C21H19ClN2O3. The number of hydrogen-bond donors (Lipinski definition) is 0. The maximum absolute atomic E-state index is 12.2. The van der Waals surface area contributed by atoms with Crippen molar-refractivity contribution in [3.8, 4) is 11.5 Å². The number of carbonyl (C=O) groups excluding carboxylic acids is 1. The number of carbonyl (C=O) groups is 1. The summed E-state index contributed by atoms with van der Waals surface area (Å²) in [5.74, 6) is 1.33. The molecular weight excluding hydrogens is 364 g/mol. The van der Waals surface area contributed by atoms with Gasteiger partial charge < -0.3 is 9.47 Å². The summed E-state index contributed by atoms with van der Waals surface area (Å²) < 4.78 is 12.8. The molecule has 3 rings (SSSR count). The molecule has 27 heavy (non-hydrogen) atoms. The van der Waals surface area contributed by atoms with E-state index in [1.54, 1.807) is 49.3 Å². The predicted octanol–water partition coefficient (Wildman–Crippen LogP) is 4.56. The van der Waals surface area contributed by atoms with Gasteiger partial charge in [0.2, 0.25) is 5.78 Å². The number of ketones is 1. The molecule has 0 saturated heterocycles. The van der Waals surface area contributed by atoms with E-state index in [0.717, 1.165) is 16.9 Å². The van der Waals surface area contributed by atoms with E-state index >= 15 is 0 Å². The molecule has 1 aromatic heterocycles. The van der Waals surface area contributed by atoms with Crippen molar-refractivity contribution in [3.63, 3.8) is 0 Å². The van der Waals surface area contributed by atoms with Crippen LogP contribution in [0, 0.1) is 0 Å². The average molecular weight is 383 g/mol. The molecule has 0 N–H and O–H groups in total. The Labute approximate surface area is 162 Å². The lowest BCUT2D eigenvalue weighted by Gasteiger charge is -2.11. The summed E-state index contributed by atoms with van der Waals surface area (Å²) in [5, 5.41) is 4.67. The lowest BCUT2D eigenvalue weighted by molar-refractivity contribution is 0.103. The van der Waals surface area contributed by atoms with Crippen LogP contribution in [-0.4, -0.2) is 22.7 Å².